The van der Waals surface area contributed by atoms with E-state index >= 15 is 0 Å². The number of hydrogen-bond donors (Lipinski definition) is 0. The number of rotatable bonds is 4. The number of allylic oxidation sites excluding steroid dienone is 1. The van der Waals surface area contributed by atoms with Gasteiger partial charge in [0.25, 0.3) is 0 Å². The van der Waals surface area contributed by atoms with Gasteiger partial charge >= 0.3 is 11.1 Å². The van der Waals surface area contributed by atoms with E-state index in [1.165, 1.54) is 33.8 Å². The number of benzene rings is 1. The molecule has 0 fully saturated rings. The lowest BCUT2D eigenvalue weighted by Gasteiger charge is -2.12. The molecule has 2 aromatic heterocycles. The normalized spacial score (nSPS) is 12.6. The molecule has 0 bridgehead atoms. The second-order valence-corrected chi connectivity index (χ2v) is 5.78. The van der Waals surface area contributed by atoms with Crippen molar-refractivity contribution in [3.05, 3.63) is 93.1 Å². The van der Waals surface area contributed by atoms with Crippen LogP contribution in [-0.4, -0.2) is 19.1 Å². The van der Waals surface area contributed by atoms with Crippen molar-refractivity contribution in [3.8, 4) is 11.3 Å². The maximum Gasteiger partial charge on any atom is 0.321 e. The fraction of sp³-hybridized carbons (Fsp3) is 0.105. The van der Waals surface area contributed by atoms with Gasteiger partial charge in [0.15, 0.2) is 0 Å². The standard InChI is InChI=1S/C19H13FN4O2/c20-16-7-2-1-6-15(16)17-11-21-13(10-22-17)12-23-8-9-24(14-4-3-5-14)19(26)18(23)25/h1-3,6-11H,4,12H2. The van der Waals surface area contributed by atoms with Gasteiger partial charge in [-0.05, 0) is 18.2 Å². The van der Waals surface area contributed by atoms with Gasteiger partial charge in [-0.15, -0.1) is 5.73 Å². The molecule has 128 valence electrons. The Balaban J connectivity index is 1.61. The lowest BCUT2D eigenvalue weighted by Crippen LogP contribution is -2.40. The van der Waals surface area contributed by atoms with Crippen LogP contribution in [0.1, 0.15) is 12.1 Å². The van der Waals surface area contributed by atoms with E-state index in [2.05, 4.69) is 15.7 Å². The summed E-state index contributed by atoms with van der Waals surface area (Å²) >= 11 is 0. The summed E-state index contributed by atoms with van der Waals surface area (Å²) < 4.78 is 16.4. The van der Waals surface area contributed by atoms with Gasteiger partial charge in [-0.1, -0.05) is 12.1 Å². The zero-order valence-electron chi connectivity index (χ0n) is 13.6. The van der Waals surface area contributed by atoms with Gasteiger partial charge < -0.3 is 4.57 Å². The molecule has 4 rings (SSSR count). The highest BCUT2D eigenvalue weighted by Crippen LogP contribution is 2.19. The lowest BCUT2D eigenvalue weighted by molar-refractivity contribution is 0.630. The van der Waals surface area contributed by atoms with Gasteiger partial charge in [-0.3, -0.25) is 24.1 Å². The van der Waals surface area contributed by atoms with E-state index in [-0.39, 0.29) is 12.4 Å². The summed E-state index contributed by atoms with van der Waals surface area (Å²) in [6.07, 6.45) is 8.40. The second-order valence-electron chi connectivity index (χ2n) is 5.78. The van der Waals surface area contributed by atoms with Crippen LogP contribution in [-0.2, 0) is 6.54 Å². The minimum atomic E-state index is -0.645. The third-order valence-electron chi connectivity index (χ3n) is 4.10. The molecule has 2 heterocycles. The lowest BCUT2D eigenvalue weighted by atomic mass is 10.1. The Kier molecular flexibility index (Phi) is 3.91. The molecule has 0 N–H and O–H groups in total. The maximum absolute atomic E-state index is 13.8. The first kappa shape index (κ1) is 15.9. The predicted octanol–water partition coefficient (Wildman–Crippen LogP) is 2.05. The summed E-state index contributed by atoms with van der Waals surface area (Å²) in [4.78, 5) is 32.9. The highest BCUT2D eigenvalue weighted by Gasteiger charge is 2.12. The molecule has 3 aromatic rings. The number of aromatic nitrogens is 4. The van der Waals surface area contributed by atoms with Gasteiger partial charge in [-0.2, -0.15) is 0 Å². The van der Waals surface area contributed by atoms with E-state index in [9.17, 15) is 14.0 Å². The van der Waals surface area contributed by atoms with Crippen LogP contribution in [0.3, 0.4) is 0 Å². The molecule has 7 heteroatoms. The molecular weight excluding hydrogens is 335 g/mol. The van der Waals surface area contributed by atoms with Crippen molar-refractivity contribution in [2.75, 3.05) is 0 Å². The van der Waals surface area contributed by atoms with Gasteiger partial charge in [0.1, 0.15) is 5.82 Å². The predicted molar refractivity (Wildman–Crippen MR) is 93.9 cm³/mol. The quantitative estimate of drug-likeness (QED) is 0.534. The second kappa shape index (κ2) is 6.38. The van der Waals surface area contributed by atoms with Crippen LogP contribution in [0.15, 0.2) is 70.4 Å². The van der Waals surface area contributed by atoms with Crippen molar-refractivity contribution in [2.45, 2.75) is 13.0 Å². The molecule has 0 spiro atoms. The number of hydrogen-bond acceptors (Lipinski definition) is 4. The summed E-state index contributed by atoms with van der Waals surface area (Å²) in [7, 11) is 0. The van der Waals surface area contributed by atoms with E-state index in [1.54, 1.807) is 30.5 Å². The minimum Gasteiger partial charge on any atom is -0.303 e. The maximum atomic E-state index is 13.8. The molecule has 0 atom stereocenters. The van der Waals surface area contributed by atoms with E-state index in [4.69, 9.17) is 0 Å². The third kappa shape index (κ3) is 2.81. The van der Waals surface area contributed by atoms with E-state index in [0.717, 1.165) is 0 Å². The number of halogens is 1. The highest BCUT2D eigenvalue weighted by molar-refractivity contribution is 5.58. The van der Waals surface area contributed by atoms with Crippen LogP contribution in [0.5, 0.6) is 0 Å². The molecule has 0 saturated carbocycles. The van der Waals surface area contributed by atoms with Crippen molar-refractivity contribution in [1.82, 2.24) is 19.1 Å². The molecule has 1 aliphatic rings. The molecule has 0 aliphatic heterocycles. The first-order valence-electron chi connectivity index (χ1n) is 7.96. The van der Waals surface area contributed by atoms with E-state index in [0.29, 0.717) is 29.1 Å². The Hall–Kier alpha value is -3.57. The summed E-state index contributed by atoms with van der Waals surface area (Å²) in [6, 6.07) is 6.29. The van der Waals surface area contributed by atoms with Crippen molar-refractivity contribution in [2.24, 2.45) is 0 Å². The van der Waals surface area contributed by atoms with Crippen LogP contribution >= 0.6 is 0 Å². The Morgan fingerprint density at radius 3 is 2.54 bits per heavy atom. The molecule has 6 nitrogen and oxygen atoms in total. The van der Waals surface area contributed by atoms with Gasteiger partial charge in [-0.25, -0.2) is 4.39 Å². The van der Waals surface area contributed by atoms with Crippen LogP contribution < -0.4 is 11.1 Å². The molecule has 0 unspecified atom stereocenters. The SMILES string of the molecule is O=c1c(=O)n(C2=C=CC2)ccn1Cc1cnc(-c2ccccc2F)cn1. The first-order chi connectivity index (χ1) is 12.6. The zero-order valence-corrected chi connectivity index (χ0v) is 13.6. The third-order valence-corrected chi connectivity index (χ3v) is 4.10. The Bertz CT molecular complexity index is 1170. The molecule has 0 radical (unpaired) electrons. The van der Waals surface area contributed by atoms with Gasteiger partial charge in [0, 0.05) is 24.4 Å². The summed E-state index contributed by atoms with van der Waals surface area (Å²) in [5, 5.41) is 0. The molecular formula is C19H13FN4O2. The van der Waals surface area contributed by atoms with Crippen molar-refractivity contribution < 1.29 is 4.39 Å². The van der Waals surface area contributed by atoms with Crippen LogP contribution in [0.25, 0.3) is 17.0 Å². The molecule has 0 saturated heterocycles. The summed E-state index contributed by atoms with van der Waals surface area (Å²) in [5.41, 5.74) is 3.53. The van der Waals surface area contributed by atoms with E-state index < -0.39 is 11.1 Å². The topological polar surface area (TPSA) is 69.8 Å². The monoisotopic (exact) mass is 348 g/mol. The largest absolute Gasteiger partial charge is 0.321 e. The van der Waals surface area contributed by atoms with Crippen LogP contribution in [0.4, 0.5) is 4.39 Å². The zero-order chi connectivity index (χ0) is 18.1. The summed E-state index contributed by atoms with van der Waals surface area (Å²) in [5.74, 6) is -0.381. The molecule has 26 heavy (non-hydrogen) atoms. The Morgan fingerprint density at radius 2 is 1.88 bits per heavy atom. The molecule has 1 aromatic carbocycles. The van der Waals surface area contributed by atoms with Gasteiger partial charge in [0.2, 0.25) is 0 Å². The fourth-order valence-electron chi connectivity index (χ4n) is 2.63. The molecule has 0 amide bonds. The minimum absolute atomic E-state index is 0.106. The smallest absolute Gasteiger partial charge is 0.303 e. The Morgan fingerprint density at radius 1 is 1.08 bits per heavy atom. The Labute approximate surface area is 147 Å². The molecule has 1 aliphatic carbocycles. The van der Waals surface area contributed by atoms with Crippen molar-refractivity contribution in [3.63, 3.8) is 0 Å². The first-order valence-corrected chi connectivity index (χ1v) is 7.96. The number of nitrogens with zero attached hydrogens (tertiary/aromatic N) is 4. The van der Waals surface area contributed by atoms with E-state index in [1.807, 2.05) is 0 Å². The average molecular weight is 348 g/mol. The van der Waals surface area contributed by atoms with Crippen LogP contribution in [0, 0.1) is 5.82 Å². The van der Waals surface area contributed by atoms with Crippen LogP contribution in [0.2, 0.25) is 0 Å². The van der Waals surface area contributed by atoms with Crippen molar-refractivity contribution in [1.29, 1.82) is 0 Å². The average Bonchev–Trinajstić information content (AvgIpc) is 2.61. The van der Waals surface area contributed by atoms with Crippen molar-refractivity contribution >= 4 is 5.70 Å². The summed E-state index contributed by atoms with van der Waals surface area (Å²) in [6.45, 7) is 0.106. The van der Waals surface area contributed by atoms with Gasteiger partial charge in [0.05, 0.1) is 36.0 Å². The highest BCUT2D eigenvalue weighted by atomic mass is 19.1. The fourth-order valence-corrected chi connectivity index (χ4v) is 2.63.